The molecule has 1 N–H and O–H groups in total. The van der Waals surface area contributed by atoms with Crippen LogP contribution in [0.4, 0.5) is 0 Å². The smallest absolute Gasteiger partial charge is 0.258 e. The third-order valence-corrected chi connectivity index (χ3v) is 5.50. The van der Waals surface area contributed by atoms with E-state index in [2.05, 4.69) is 0 Å². The molecule has 0 saturated heterocycles. The second kappa shape index (κ2) is 10.7. The summed E-state index contributed by atoms with van der Waals surface area (Å²) in [7, 11) is 3.14. The molecule has 3 aromatic carbocycles. The van der Waals surface area contributed by atoms with Crippen LogP contribution in [0.5, 0.6) is 11.5 Å². The molecule has 1 amide bonds. The summed E-state index contributed by atoms with van der Waals surface area (Å²) in [4.78, 5) is 15.4. The highest BCUT2D eigenvalue weighted by atomic mass is 16.5. The minimum absolute atomic E-state index is 0.142. The summed E-state index contributed by atoms with van der Waals surface area (Å²) in [5.74, 6) is 0.918. The molecule has 7 heteroatoms. The molecule has 0 bridgehead atoms. The number of benzene rings is 3. The first kappa shape index (κ1) is 23.1. The van der Waals surface area contributed by atoms with E-state index in [1.807, 2.05) is 66.7 Å². The van der Waals surface area contributed by atoms with E-state index in [0.29, 0.717) is 29.3 Å². The third-order valence-electron chi connectivity index (χ3n) is 5.50. The molecule has 174 valence electrons. The number of carbonyl (C=O) groups excluding carboxylic acids is 1. The largest absolute Gasteiger partial charge is 0.493 e. The fourth-order valence-electron chi connectivity index (χ4n) is 3.79. The van der Waals surface area contributed by atoms with Crippen molar-refractivity contribution in [2.45, 2.75) is 6.54 Å². The van der Waals surface area contributed by atoms with E-state index < -0.39 is 0 Å². The predicted octanol–water partition coefficient (Wildman–Crippen LogP) is 4.19. The average molecular weight is 458 g/mol. The zero-order valence-electron chi connectivity index (χ0n) is 19.2. The van der Waals surface area contributed by atoms with Gasteiger partial charge in [0.05, 0.1) is 32.1 Å². The summed E-state index contributed by atoms with van der Waals surface area (Å²) in [6.45, 7) is 0.439. The maximum Gasteiger partial charge on any atom is 0.258 e. The molecule has 0 fully saturated rings. The Kier molecular flexibility index (Phi) is 7.25. The molecule has 0 aliphatic heterocycles. The molecule has 1 aromatic heterocycles. The summed E-state index contributed by atoms with van der Waals surface area (Å²) in [5.41, 5.74) is 3.48. The number of para-hydroxylation sites is 1. The summed E-state index contributed by atoms with van der Waals surface area (Å²) < 4.78 is 12.5. The van der Waals surface area contributed by atoms with Crippen molar-refractivity contribution in [1.82, 2.24) is 14.7 Å². The van der Waals surface area contributed by atoms with Crippen LogP contribution in [-0.2, 0) is 6.54 Å². The van der Waals surface area contributed by atoms with Gasteiger partial charge in [-0.1, -0.05) is 48.5 Å². The molecule has 0 aliphatic rings. The monoisotopic (exact) mass is 457 g/mol. The van der Waals surface area contributed by atoms with Gasteiger partial charge < -0.3 is 19.5 Å². The van der Waals surface area contributed by atoms with Crippen molar-refractivity contribution in [1.29, 1.82) is 0 Å². The number of aliphatic hydroxyl groups excluding tert-OH is 1. The highest BCUT2D eigenvalue weighted by Gasteiger charge is 2.24. The van der Waals surface area contributed by atoms with Crippen LogP contribution in [0.25, 0.3) is 16.9 Å². The topological polar surface area (TPSA) is 76.8 Å². The van der Waals surface area contributed by atoms with Crippen molar-refractivity contribution in [3.8, 4) is 28.4 Å². The van der Waals surface area contributed by atoms with Gasteiger partial charge in [0.1, 0.15) is 5.69 Å². The summed E-state index contributed by atoms with van der Waals surface area (Å²) >= 11 is 0. The maximum absolute atomic E-state index is 13.8. The molecule has 0 unspecified atom stereocenters. The van der Waals surface area contributed by atoms with Gasteiger partial charge in [0.15, 0.2) is 11.5 Å². The lowest BCUT2D eigenvalue weighted by Crippen LogP contribution is -2.33. The van der Waals surface area contributed by atoms with E-state index in [9.17, 15) is 9.90 Å². The Morgan fingerprint density at radius 2 is 1.62 bits per heavy atom. The van der Waals surface area contributed by atoms with Crippen molar-refractivity contribution in [3.63, 3.8) is 0 Å². The first-order valence-electron chi connectivity index (χ1n) is 11.0. The average Bonchev–Trinajstić information content (AvgIpc) is 3.34. The van der Waals surface area contributed by atoms with E-state index in [4.69, 9.17) is 14.6 Å². The van der Waals surface area contributed by atoms with Crippen LogP contribution in [0.1, 0.15) is 15.9 Å². The highest BCUT2D eigenvalue weighted by Crippen LogP contribution is 2.34. The number of hydrogen-bond acceptors (Lipinski definition) is 5. The summed E-state index contributed by atoms with van der Waals surface area (Å²) in [6.07, 6.45) is 1.74. The molecule has 0 spiro atoms. The quantitative estimate of drug-likeness (QED) is 0.408. The number of hydrogen-bond donors (Lipinski definition) is 1. The molecular formula is C27H27N3O4. The molecule has 4 rings (SSSR count). The van der Waals surface area contributed by atoms with Crippen molar-refractivity contribution in [3.05, 3.63) is 96.2 Å². The number of methoxy groups -OCH3 is 2. The summed E-state index contributed by atoms with van der Waals surface area (Å²) in [6, 6.07) is 24.8. The maximum atomic E-state index is 13.8. The van der Waals surface area contributed by atoms with Crippen LogP contribution in [0.15, 0.2) is 85.1 Å². The molecule has 4 aromatic rings. The van der Waals surface area contributed by atoms with Crippen LogP contribution in [0.2, 0.25) is 0 Å². The second-order valence-corrected chi connectivity index (χ2v) is 7.68. The van der Waals surface area contributed by atoms with E-state index in [1.165, 1.54) is 0 Å². The molecule has 0 aliphatic carbocycles. The van der Waals surface area contributed by atoms with Gasteiger partial charge >= 0.3 is 0 Å². The van der Waals surface area contributed by atoms with Crippen LogP contribution in [0, 0.1) is 0 Å². The number of ether oxygens (including phenoxy) is 2. The summed E-state index contributed by atoms with van der Waals surface area (Å²) in [5, 5.41) is 14.4. The third kappa shape index (κ3) is 4.94. The zero-order valence-corrected chi connectivity index (χ0v) is 19.2. The predicted molar refractivity (Wildman–Crippen MR) is 130 cm³/mol. The molecule has 1 heterocycles. The van der Waals surface area contributed by atoms with Crippen LogP contribution < -0.4 is 9.47 Å². The van der Waals surface area contributed by atoms with E-state index >= 15 is 0 Å². The normalized spacial score (nSPS) is 10.7. The van der Waals surface area contributed by atoms with Gasteiger partial charge in [-0.2, -0.15) is 5.10 Å². The van der Waals surface area contributed by atoms with Gasteiger partial charge in [0.25, 0.3) is 5.91 Å². The fourth-order valence-corrected chi connectivity index (χ4v) is 3.79. The van der Waals surface area contributed by atoms with Crippen LogP contribution in [-0.4, -0.2) is 53.1 Å². The van der Waals surface area contributed by atoms with Gasteiger partial charge in [-0.05, 0) is 35.9 Å². The molecule has 0 radical (unpaired) electrons. The Morgan fingerprint density at radius 3 is 2.26 bits per heavy atom. The Morgan fingerprint density at radius 1 is 0.941 bits per heavy atom. The Bertz CT molecular complexity index is 1240. The van der Waals surface area contributed by atoms with Gasteiger partial charge in [-0.25, -0.2) is 4.68 Å². The number of carbonyl (C=O) groups is 1. The lowest BCUT2D eigenvalue weighted by atomic mass is 10.1. The van der Waals surface area contributed by atoms with Gasteiger partial charge in [-0.3, -0.25) is 4.79 Å². The molecule has 34 heavy (non-hydrogen) atoms. The van der Waals surface area contributed by atoms with Crippen molar-refractivity contribution < 1.29 is 19.4 Å². The Hall–Kier alpha value is -4.10. The second-order valence-electron chi connectivity index (χ2n) is 7.68. The first-order chi connectivity index (χ1) is 16.6. The van der Waals surface area contributed by atoms with Gasteiger partial charge in [-0.15, -0.1) is 0 Å². The zero-order chi connectivity index (χ0) is 23.9. The lowest BCUT2D eigenvalue weighted by Gasteiger charge is -2.22. The Labute approximate surface area is 198 Å². The first-order valence-corrected chi connectivity index (χ1v) is 11.0. The number of aliphatic hydroxyl groups is 1. The van der Waals surface area contributed by atoms with Gasteiger partial charge in [0, 0.05) is 24.8 Å². The van der Waals surface area contributed by atoms with Crippen molar-refractivity contribution in [2.24, 2.45) is 0 Å². The van der Waals surface area contributed by atoms with Crippen molar-refractivity contribution in [2.75, 3.05) is 27.4 Å². The minimum Gasteiger partial charge on any atom is -0.493 e. The van der Waals surface area contributed by atoms with E-state index in [0.717, 1.165) is 16.8 Å². The standard InChI is InChI=1S/C27H27N3O4/c1-33-24-14-13-21(17-25(24)34-2)26-23(19-30(28-26)22-11-7-4-8-12-22)27(32)29(15-16-31)18-20-9-5-3-6-10-20/h3-14,17,19,31H,15-16,18H2,1-2H3. The highest BCUT2D eigenvalue weighted by molar-refractivity contribution is 6.00. The van der Waals surface area contributed by atoms with E-state index in [-0.39, 0.29) is 19.1 Å². The molecule has 0 saturated carbocycles. The number of nitrogens with zero attached hydrogens (tertiary/aromatic N) is 3. The lowest BCUT2D eigenvalue weighted by molar-refractivity contribution is 0.0708. The Balaban J connectivity index is 1.80. The fraction of sp³-hybridized carbons (Fsp3) is 0.185. The molecule has 7 nitrogen and oxygen atoms in total. The number of rotatable bonds is 9. The van der Waals surface area contributed by atoms with Crippen LogP contribution >= 0.6 is 0 Å². The molecular weight excluding hydrogens is 430 g/mol. The minimum atomic E-state index is -0.218. The number of aromatic nitrogens is 2. The van der Waals surface area contributed by atoms with Crippen LogP contribution in [0.3, 0.4) is 0 Å². The SMILES string of the molecule is COc1ccc(-c2nn(-c3ccccc3)cc2C(=O)N(CCO)Cc2ccccc2)cc1OC. The van der Waals surface area contributed by atoms with E-state index in [1.54, 1.807) is 42.1 Å². The van der Waals surface area contributed by atoms with Gasteiger partial charge in [0.2, 0.25) is 0 Å². The number of amides is 1. The van der Waals surface area contributed by atoms with Crippen molar-refractivity contribution >= 4 is 5.91 Å². The molecule has 0 atom stereocenters.